The van der Waals surface area contributed by atoms with Crippen LogP contribution in [0.5, 0.6) is 0 Å². The molecule has 1 fully saturated rings. The third kappa shape index (κ3) is 2.49. The lowest BCUT2D eigenvalue weighted by atomic mass is 10.0. The normalized spacial score (nSPS) is 17.9. The van der Waals surface area contributed by atoms with Gasteiger partial charge in [-0.1, -0.05) is 18.2 Å². The second-order valence-corrected chi connectivity index (χ2v) is 6.92. The quantitative estimate of drug-likeness (QED) is 0.736. The van der Waals surface area contributed by atoms with E-state index in [-0.39, 0.29) is 5.97 Å². The van der Waals surface area contributed by atoms with Crippen molar-refractivity contribution >= 4 is 39.5 Å². The van der Waals surface area contributed by atoms with E-state index in [9.17, 15) is 4.79 Å². The molecule has 3 aromatic rings. The van der Waals surface area contributed by atoms with Gasteiger partial charge >= 0.3 is 5.97 Å². The minimum atomic E-state index is -0.341. The van der Waals surface area contributed by atoms with Crippen molar-refractivity contribution in [2.45, 2.75) is 19.3 Å². The number of H-pyrrole nitrogens is 1. The van der Waals surface area contributed by atoms with Gasteiger partial charge in [-0.2, -0.15) is 11.8 Å². The van der Waals surface area contributed by atoms with E-state index in [2.05, 4.69) is 22.1 Å². The molecular formula is C18H18N2O2S. The monoisotopic (exact) mass is 326 g/mol. The molecule has 3 heterocycles. The number of benzene rings is 1. The first-order chi connectivity index (χ1) is 11.3. The van der Waals surface area contributed by atoms with E-state index in [1.165, 1.54) is 0 Å². The number of hydrogen-bond acceptors (Lipinski definition) is 4. The number of esters is 1. The fraction of sp³-hybridized carbons (Fsp3) is 0.333. The third-order valence-corrected chi connectivity index (χ3v) is 5.49. The van der Waals surface area contributed by atoms with E-state index in [1.807, 2.05) is 36.9 Å². The Morgan fingerprint density at radius 3 is 3.04 bits per heavy atom. The van der Waals surface area contributed by atoms with Crippen LogP contribution in [0.25, 0.3) is 21.8 Å². The second kappa shape index (κ2) is 5.89. The zero-order valence-corrected chi connectivity index (χ0v) is 13.8. The summed E-state index contributed by atoms with van der Waals surface area (Å²) in [6.45, 7) is 2.18. The second-order valence-electron chi connectivity index (χ2n) is 5.77. The van der Waals surface area contributed by atoms with Crippen molar-refractivity contribution in [1.82, 2.24) is 9.97 Å². The van der Waals surface area contributed by atoms with Crippen molar-refractivity contribution < 1.29 is 9.53 Å². The van der Waals surface area contributed by atoms with E-state index in [0.717, 1.165) is 45.4 Å². The van der Waals surface area contributed by atoms with Crippen LogP contribution in [0.2, 0.25) is 0 Å². The van der Waals surface area contributed by atoms with Crippen LogP contribution in [0.3, 0.4) is 0 Å². The Morgan fingerprint density at radius 2 is 2.26 bits per heavy atom. The molecule has 5 heteroatoms. The highest BCUT2D eigenvalue weighted by Gasteiger charge is 2.25. The average Bonchev–Trinajstić information content (AvgIpc) is 3.22. The number of rotatable bonds is 3. The molecule has 1 saturated heterocycles. The summed E-state index contributed by atoms with van der Waals surface area (Å²) in [5.74, 6) is 2.26. The van der Waals surface area contributed by atoms with Crippen LogP contribution < -0.4 is 0 Å². The molecule has 4 rings (SSSR count). The zero-order chi connectivity index (χ0) is 15.8. The summed E-state index contributed by atoms with van der Waals surface area (Å²) in [6.07, 6.45) is 1.11. The van der Waals surface area contributed by atoms with Gasteiger partial charge in [0.05, 0.1) is 17.8 Å². The fourth-order valence-corrected chi connectivity index (χ4v) is 4.45. The van der Waals surface area contributed by atoms with E-state index >= 15 is 0 Å². The van der Waals surface area contributed by atoms with Gasteiger partial charge in [-0.15, -0.1) is 0 Å². The molecule has 0 radical (unpaired) electrons. The predicted octanol–water partition coefficient (Wildman–Crippen LogP) is 4.11. The lowest BCUT2D eigenvalue weighted by molar-refractivity contribution is 0.0519. The van der Waals surface area contributed by atoms with Gasteiger partial charge in [0.25, 0.3) is 0 Å². The van der Waals surface area contributed by atoms with Gasteiger partial charge < -0.3 is 9.72 Å². The molecule has 118 valence electrons. The highest BCUT2D eigenvalue weighted by Crippen LogP contribution is 2.37. The SMILES string of the molecule is CCOC(=O)c1cc2c([nH]c3ccccc32)c(C2CCSC2)n1. The van der Waals surface area contributed by atoms with Gasteiger partial charge in [0.1, 0.15) is 5.69 Å². The molecule has 0 bridgehead atoms. The zero-order valence-electron chi connectivity index (χ0n) is 13.0. The van der Waals surface area contributed by atoms with Crippen molar-refractivity contribution in [2.24, 2.45) is 0 Å². The lowest BCUT2D eigenvalue weighted by Gasteiger charge is -2.11. The minimum absolute atomic E-state index is 0.341. The number of nitrogens with zero attached hydrogens (tertiary/aromatic N) is 1. The van der Waals surface area contributed by atoms with E-state index < -0.39 is 0 Å². The van der Waals surface area contributed by atoms with Gasteiger partial charge in [0, 0.05) is 28.0 Å². The van der Waals surface area contributed by atoms with Crippen LogP contribution >= 0.6 is 11.8 Å². The van der Waals surface area contributed by atoms with Gasteiger partial charge in [-0.25, -0.2) is 9.78 Å². The van der Waals surface area contributed by atoms with Crippen molar-refractivity contribution in [3.8, 4) is 0 Å². The van der Waals surface area contributed by atoms with Gasteiger partial charge in [0.2, 0.25) is 0 Å². The lowest BCUT2D eigenvalue weighted by Crippen LogP contribution is -2.11. The first-order valence-electron chi connectivity index (χ1n) is 7.94. The van der Waals surface area contributed by atoms with Gasteiger partial charge in [-0.05, 0) is 31.2 Å². The van der Waals surface area contributed by atoms with E-state index in [1.54, 1.807) is 0 Å². The van der Waals surface area contributed by atoms with Crippen molar-refractivity contribution in [2.75, 3.05) is 18.1 Å². The number of aromatic nitrogens is 2. The van der Waals surface area contributed by atoms with Crippen LogP contribution in [0, 0.1) is 0 Å². The Balaban J connectivity index is 1.98. The number of carbonyl (C=O) groups excluding carboxylic acids is 1. The number of thioether (sulfide) groups is 1. The molecule has 0 saturated carbocycles. The first kappa shape index (κ1) is 14.6. The number of carbonyl (C=O) groups is 1. The molecule has 23 heavy (non-hydrogen) atoms. The summed E-state index contributed by atoms with van der Waals surface area (Å²) in [5.41, 5.74) is 3.56. The van der Waals surface area contributed by atoms with Crippen LogP contribution in [0.15, 0.2) is 30.3 Å². The van der Waals surface area contributed by atoms with Crippen LogP contribution in [-0.2, 0) is 4.74 Å². The molecule has 1 aromatic carbocycles. The summed E-state index contributed by atoms with van der Waals surface area (Å²) < 4.78 is 5.17. The van der Waals surface area contributed by atoms with Crippen LogP contribution in [0.4, 0.5) is 0 Å². The summed E-state index contributed by atoms with van der Waals surface area (Å²) in [4.78, 5) is 20.4. The van der Waals surface area contributed by atoms with Crippen LogP contribution in [0.1, 0.15) is 35.4 Å². The maximum Gasteiger partial charge on any atom is 0.356 e. The first-order valence-corrected chi connectivity index (χ1v) is 9.09. The summed E-state index contributed by atoms with van der Waals surface area (Å²) in [7, 11) is 0. The molecule has 0 spiro atoms. The van der Waals surface area contributed by atoms with E-state index in [0.29, 0.717) is 18.2 Å². The molecule has 1 aliphatic rings. The van der Waals surface area contributed by atoms with Crippen molar-refractivity contribution in [3.05, 3.63) is 41.7 Å². The highest BCUT2D eigenvalue weighted by atomic mass is 32.2. The Bertz CT molecular complexity index is 881. The minimum Gasteiger partial charge on any atom is -0.461 e. The summed E-state index contributed by atoms with van der Waals surface area (Å²) in [5, 5.41) is 2.19. The Hall–Kier alpha value is -2.01. The number of nitrogens with one attached hydrogen (secondary N) is 1. The molecule has 0 aliphatic carbocycles. The highest BCUT2D eigenvalue weighted by molar-refractivity contribution is 7.99. The number of ether oxygens (including phenoxy) is 1. The maximum atomic E-state index is 12.2. The topological polar surface area (TPSA) is 55.0 Å². The Morgan fingerprint density at radius 1 is 1.39 bits per heavy atom. The average molecular weight is 326 g/mol. The smallest absolute Gasteiger partial charge is 0.356 e. The van der Waals surface area contributed by atoms with Crippen molar-refractivity contribution in [1.29, 1.82) is 0 Å². The number of pyridine rings is 1. The molecule has 1 aliphatic heterocycles. The largest absolute Gasteiger partial charge is 0.461 e. The van der Waals surface area contributed by atoms with E-state index in [4.69, 9.17) is 4.74 Å². The number of fused-ring (bicyclic) bond motifs is 3. The number of hydrogen-bond donors (Lipinski definition) is 1. The molecule has 2 aromatic heterocycles. The number of para-hydroxylation sites is 1. The van der Waals surface area contributed by atoms with Crippen LogP contribution in [-0.4, -0.2) is 34.0 Å². The van der Waals surface area contributed by atoms with Gasteiger partial charge in [-0.3, -0.25) is 0 Å². The number of aromatic amines is 1. The summed E-state index contributed by atoms with van der Waals surface area (Å²) >= 11 is 1.95. The Labute approximate surface area is 138 Å². The molecular weight excluding hydrogens is 308 g/mol. The molecule has 4 nitrogen and oxygen atoms in total. The van der Waals surface area contributed by atoms with Gasteiger partial charge in [0.15, 0.2) is 0 Å². The Kier molecular flexibility index (Phi) is 3.73. The van der Waals surface area contributed by atoms with Crippen molar-refractivity contribution in [3.63, 3.8) is 0 Å². The molecule has 0 amide bonds. The molecule has 1 unspecified atom stereocenters. The summed E-state index contributed by atoms with van der Waals surface area (Å²) in [6, 6.07) is 10.0. The predicted molar refractivity (Wildman–Crippen MR) is 94.2 cm³/mol. The molecule has 1 atom stereocenters. The maximum absolute atomic E-state index is 12.2. The standard InChI is InChI=1S/C18H18N2O2S/c1-2-22-18(21)15-9-13-12-5-3-4-6-14(12)19-17(13)16(20-15)11-7-8-23-10-11/h3-6,9,11,19H,2,7-8,10H2,1H3. The molecule has 1 N–H and O–H groups in total. The fourth-order valence-electron chi connectivity index (χ4n) is 3.23. The third-order valence-electron chi connectivity index (χ3n) is 4.33.